The number of aromatic amines is 1. The van der Waals surface area contributed by atoms with Gasteiger partial charge in [-0.05, 0) is 36.2 Å². The Morgan fingerprint density at radius 2 is 2.00 bits per heavy atom. The number of benzene rings is 2. The van der Waals surface area contributed by atoms with Gasteiger partial charge < -0.3 is 4.98 Å². The van der Waals surface area contributed by atoms with E-state index in [9.17, 15) is 4.39 Å². The molecule has 0 atom stereocenters. The minimum Gasteiger partial charge on any atom is -0.342 e. The van der Waals surface area contributed by atoms with Crippen LogP contribution in [0.25, 0.3) is 11.0 Å². The Morgan fingerprint density at radius 1 is 1.17 bits per heavy atom. The summed E-state index contributed by atoms with van der Waals surface area (Å²) in [5, 5.41) is 0. The van der Waals surface area contributed by atoms with Crippen LogP contribution in [0.4, 0.5) is 4.39 Å². The fourth-order valence-corrected chi connectivity index (χ4v) is 2.08. The molecule has 0 aliphatic rings. The smallest absolute Gasteiger partial charge is 0.126 e. The van der Waals surface area contributed by atoms with Crippen molar-refractivity contribution in [1.82, 2.24) is 9.97 Å². The van der Waals surface area contributed by atoms with E-state index in [0.29, 0.717) is 12.0 Å². The van der Waals surface area contributed by atoms with Crippen molar-refractivity contribution >= 4 is 11.0 Å². The van der Waals surface area contributed by atoms with Gasteiger partial charge in [0.05, 0.1) is 11.0 Å². The van der Waals surface area contributed by atoms with E-state index in [1.165, 1.54) is 11.6 Å². The molecule has 1 heterocycles. The Balaban J connectivity index is 1.98. The number of nitrogens with one attached hydrogen (secondary N) is 1. The molecule has 90 valence electrons. The predicted molar refractivity (Wildman–Crippen MR) is 70.0 cm³/mol. The second-order valence-electron chi connectivity index (χ2n) is 4.47. The lowest BCUT2D eigenvalue weighted by molar-refractivity contribution is 0.612. The van der Waals surface area contributed by atoms with Gasteiger partial charge in [0.15, 0.2) is 0 Å². The van der Waals surface area contributed by atoms with Gasteiger partial charge in [-0.15, -0.1) is 0 Å². The van der Waals surface area contributed by atoms with Gasteiger partial charge in [-0.3, -0.25) is 0 Å². The Morgan fingerprint density at radius 3 is 2.83 bits per heavy atom. The Hall–Kier alpha value is -2.16. The quantitative estimate of drug-likeness (QED) is 0.728. The summed E-state index contributed by atoms with van der Waals surface area (Å²) in [5.74, 6) is 0.606. The van der Waals surface area contributed by atoms with E-state index in [1.54, 1.807) is 12.1 Å². The molecule has 2 aromatic carbocycles. The summed E-state index contributed by atoms with van der Waals surface area (Å²) in [6.07, 6.45) is 0.487. The minimum atomic E-state index is -0.186. The number of fused-ring (bicyclic) bond motifs is 1. The first kappa shape index (κ1) is 11.0. The van der Waals surface area contributed by atoms with Crippen LogP contribution in [0.5, 0.6) is 0 Å². The molecule has 0 radical (unpaired) electrons. The van der Waals surface area contributed by atoms with Gasteiger partial charge in [0, 0.05) is 6.42 Å². The van der Waals surface area contributed by atoms with Gasteiger partial charge in [-0.1, -0.05) is 24.3 Å². The van der Waals surface area contributed by atoms with Crippen LogP contribution in [-0.2, 0) is 6.42 Å². The number of aromatic nitrogens is 2. The average Bonchev–Trinajstić information content (AvgIpc) is 2.73. The summed E-state index contributed by atoms with van der Waals surface area (Å²) in [5.41, 5.74) is 3.77. The third-order valence-corrected chi connectivity index (χ3v) is 3.00. The van der Waals surface area contributed by atoms with Crippen molar-refractivity contribution in [2.24, 2.45) is 0 Å². The summed E-state index contributed by atoms with van der Waals surface area (Å²) < 4.78 is 13.6. The molecular formula is C15H13FN2. The highest BCUT2D eigenvalue weighted by atomic mass is 19.1. The van der Waals surface area contributed by atoms with Crippen LogP contribution in [0.3, 0.4) is 0 Å². The van der Waals surface area contributed by atoms with Crippen LogP contribution in [-0.4, -0.2) is 9.97 Å². The third-order valence-electron chi connectivity index (χ3n) is 3.00. The topological polar surface area (TPSA) is 28.7 Å². The van der Waals surface area contributed by atoms with Gasteiger partial charge in [0.25, 0.3) is 0 Å². The molecule has 1 aromatic heterocycles. The first-order valence-corrected chi connectivity index (χ1v) is 5.91. The van der Waals surface area contributed by atoms with Crippen molar-refractivity contribution in [1.29, 1.82) is 0 Å². The van der Waals surface area contributed by atoms with E-state index < -0.39 is 0 Å². The van der Waals surface area contributed by atoms with E-state index in [4.69, 9.17) is 0 Å². The molecular weight excluding hydrogens is 227 g/mol. The molecule has 0 amide bonds. The Kier molecular flexibility index (Phi) is 2.59. The summed E-state index contributed by atoms with van der Waals surface area (Å²) >= 11 is 0. The summed E-state index contributed by atoms with van der Waals surface area (Å²) in [6.45, 7) is 2.04. The molecule has 0 aliphatic heterocycles. The number of rotatable bonds is 2. The monoisotopic (exact) mass is 240 g/mol. The van der Waals surface area contributed by atoms with Gasteiger partial charge >= 0.3 is 0 Å². The maximum absolute atomic E-state index is 13.6. The van der Waals surface area contributed by atoms with Crippen molar-refractivity contribution in [2.75, 3.05) is 0 Å². The molecule has 0 bridgehead atoms. The number of H-pyrrole nitrogens is 1. The SMILES string of the molecule is Cc1ccc2nc(Cc3ccccc3F)[nH]c2c1. The molecule has 0 saturated carbocycles. The number of nitrogens with zero attached hydrogens (tertiary/aromatic N) is 1. The van der Waals surface area contributed by atoms with Crippen molar-refractivity contribution < 1.29 is 4.39 Å². The molecule has 3 rings (SSSR count). The van der Waals surface area contributed by atoms with Gasteiger partial charge in [-0.2, -0.15) is 0 Å². The fraction of sp³-hybridized carbons (Fsp3) is 0.133. The standard InChI is InChI=1S/C15H13FN2/c1-10-6-7-13-14(8-10)18-15(17-13)9-11-4-2-3-5-12(11)16/h2-8H,9H2,1H3,(H,17,18). The normalized spacial score (nSPS) is 11.0. The van der Waals surface area contributed by atoms with Gasteiger partial charge in [-0.25, -0.2) is 9.37 Å². The highest BCUT2D eigenvalue weighted by Gasteiger charge is 2.06. The van der Waals surface area contributed by atoms with E-state index in [-0.39, 0.29) is 5.82 Å². The maximum Gasteiger partial charge on any atom is 0.126 e. The lowest BCUT2D eigenvalue weighted by Gasteiger charge is -1.99. The van der Waals surface area contributed by atoms with Gasteiger partial charge in [0.2, 0.25) is 0 Å². The van der Waals surface area contributed by atoms with E-state index >= 15 is 0 Å². The third kappa shape index (κ3) is 1.99. The first-order valence-electron chi connectivity index (χ1n) is 5.91. The summed E-state index contributed by atoms with van der Waals surface area (Å²) in [7, 11) is 0. The summed E-state index contributed by atoms with van der Waals surface area (Å²) in [6, 6.07) is 12.8. The molecule has 0 fully saturated rings. The first-order chi connectivity index (χ1) is 8.72. The number of halogens is 1. The number of hydrogen-bond acceptors (Lipinski definition) is 1. The number of hydrogen-bond donors (Lipinski definition) is 1. The zero-order valence-corrected chi connectivity index (χ0v) is 10.1. The van der Waals surface area contributed by atoms with Crippen molar-refractivity contribution in [3.8, 4) is 0 Å². The number of aryl methyl sites for hydroxylation is 1. The van der Waals surface area contributed by atoms with Crippen LogP contribution < -0.4 is 0 Å². The fourth-order valence-electron chi connectivity index (χ4n) is 2.08. The summed E-state index contributed by atoms with van der Waals surface area (Å²) in [4.78, 5) is 7.70. The van der Waals surface area contributed by atoms with Crippen LogP contribution in [0.2, 0.25) is 0 Å². The molecule has 3 heteroatoms. The minimum absolute atomic E-state index is 0.186. The highest BCUT2D eigenvalue weighted by molar-refractivity contribution is 5.75. The zero-order valence-electron chi connectivity index (χ0n) is 10.1. The van der Waals surface area contributed by atoms with Crippen molar-refractivity contribution in [2.45, 2.75) is 13.3 Å². The molecule has 18 heavy (non-hydrogen) atoms. The number of imidazole rings is 1. The zero-order chi connectivity index (χ0) is 12.5. The van der Waals surface area contributed by atoms with E-state index in [1.807, 2.05) is 31.2 Å². The molecule has 0 unspecified atom stereocenters. The second-order valence-corrected chi connectivity index (χ2v) is 4.47. The van der Waals surface area contributed by atoms with E-state index in [0.717, 1.165) is 16.9 Å². The largest absolute Gasteiger partial charge is 0.342 e. The van der Waals surface area contributed by atoms with Crippen LogP contribution in [0, 0.1) is 12.7 Å². The van der Waals surface area contributed by atoms with Gasteiger partial charge in [0.1, 0.15) is 11.6 Å². The maximum atomic E-state index is 13.6. The molecule has 1 N–H and O–H groups in total. The van der Waals surface area contributed by atoms with Crippen molar-refractivity contribution in [3.63, 3.8) is 0 Å². The molecule has 3 aromatic rings. The van der Waals surface area contributed by atoms with Crippen LogP contribution in [0.15, 0.2) is 42.5 Å². The predicted octanol–water partition coefficient (Wildman–Crippen LogP) is 3.60. The lowest BCUT2D eigenvalue weighted by atomic mass is 10.1. The lowest BCUT2D eigenvalue weighted by Crippen LogP contribution is -1.93. The van der Waals surface area contributed by atoms with Crippen molar-refractivity contribution in [3.05, 3.63) is 65.2 Å². The second kappa shape index (κ2) is 4.26. The Bertz CT molecular complexity index is 701. The average molecular weight is 240 g/mol. The Labute approximate surface area is 104 Å². The van der Waals surface area contributed by atoms with Crippen LogP contribution >= 0.6 is 0 Å². The molecule has 0 saturated heterocycles. The van der Waals surface area contributed by atoms with E-state index in [2.05, 4.69) is 9.97 Å². The molecule has 0 aliphatic carbocycles. The molecule has 2 nitrogen and oxygen atoms in total. The highest BCUT2D eigenvalue weighted by Crippen LogP contribution is 2.16. The molecule has 0 spiro atoms. The van der Waals surface area contributed by atoms with Crippen LogP contribution in [0.1, 0.15) is 17.0 Å².